The highest BCUT2D eigenvalue weighted by molar-refractivity contribution is 9.10. The maximum Gasteiger partial charge on any atom is 0.0515 e. The second-order valence-electron chi connectivity index (χ2n) is 4.78. The Bertz CT molecular complexity index is 695. The third-order valence-corrected chi connectivity index (χ3v) is 4.05. The first-order chi connectivity index (χ1) is 9.28. The van der Waals surface area contributed by atoms with Crippen molar-refractivity contribution in [2.45, 2.75) is 19.9 Å². The SMILES string of the molecule is CCc1cccc2ccn(Cc3ccc(Br)cc3)c12. The summed E-state index contributed by atoms with van der Waals surface area (Å²) < 4.78 is 3.47. The first-order valence-electron chi connectivity index (χ1n) is 6.59. The molecule has 1 aromatic heterocycles. The molecule has 0 fully saturated rings. The zero-order valence-electron chi connectivity index (χ0n) is 10.9. The molecule has 0 spiro atoms. The standard InChI is InChI=1S/C17H16BrN/c1-2-14-4-3-5-15-10-11-19(17(14)15)12-13-6-8-16(18)9-7-13/h3-11H,2,12H2,1H3. The van der Waals surface area contributed by atoms with Gasteiger partial charge in [-0.15, -0.1) is 0 Å². The van der Waals surface area contributed by atoms with E-state index in [0.29, 0.717) is 0 Å². The van der Waals surface area contributed by atoms with Gasteiger partial charge in [0.05, 0.1) is 5.52 Å². The lowest BCUT2D eigenvalue weighted by Gasteiger charge is -2.09. The number of rotatable bonds is 3. The van der Waals surface area contributed by atoms with Crippen LogP contribution in [0.1, 0.15) is 18.1 Å². The third-order valence-electron chi connectivity index (χ3n) is 3.52. The maximum absolute atomic E-state index is 3.48. The van der Waals surface area contributed by atoms with Crippen LogP contribution in [0, 0.1) is 0 Å². The number of aromatic nitrogens is 1. The summed E-state index contributed by atoms with van der Waals surface area (Å²) in [4.78, 5) is 0. The summed E-state index contributed by atoms with van der Waals surface area (Å²) in [5.41, 5.74) is 4.11. The number of aryl methyl sites for hydroxylation is 1. The van der Waals surface area contributed by atoms with Crippen LogP contribution in [0.4, 0.5) is 0 Å². The summed E-state index contributed by atoms with van der Waals surface area (Å²) in [5, 5.41) is 1.33. The topological polar surface area (TPSA) is 4.93 Å². The minimum Gasteiger partial charge on any atom is -0.343 e. The van der Waals surface area contributed by atoms with Crippen molar-refractivity contribution in [2.75, 3.05) is 0 Å². The van der Waals surface area contributed by atoms with E-state index in [4.69, 9.17) is 0 Å². The Kier molecular flexibility index (Phi) is 3.43. The highest BCUT2D eigenvalue weighted by atomic mass is 79.9. The molecule has 0 saturated carbocycles. The van der Waals surface area contributed by atoms with Gasteiger partial charge in [-0.25, -0.2) is 0 Å². The highest BCUT2D eigenvalue weighted by Crippen LogP contribution is 2.22. The van der Waals surface area contributed by atoms with Crippen LogP contribution in [0.5, 0.6) is 0 Å². The van der Waals surface area contributed by atoms with E-state index in [2.05, 4.69) is 82.1 Å². The number of hydrogen-bond donors (Lipinski definition) is 0. The molecular formula is C17H16BrN. The fraction of sp³-hybridized carbons (Fsp3) is 0.176. The molecule has 1 heterocycles. The fourth-order valence-electron chi connectivity index (χ4n) is 2.54. The second kappa shape index (κ2) is 5.22. The van der Waals surface area contributed by atoms with E-state index in [-0.39, 0.29) is 0 Å². The predicted molar refractivity (Wildman–Crippen MR) is 84.6 cm³/mol. The predicted octanol–water partition coefficient (Wildman–Crippen LogP) is 5.01. The van der Waals surface area contributed by atoms with E-state index in [1.165, 1.54) is 22.0 Å². The van der Waals surface area contributed by atoms with Gasteiger partial charge >= 0.3 is 0 Å². The van der Waals surface area contributed by atoms with Gasteiger partial charge in [-0.05, 0) is 41.1 Å². The first kappa shape index (κ1) is 12.5. The van der Waals surface area contributed by atoms with Crippen LogP contribution in [0.15, 0.2) is 59.2 Å². The normalized spacial score (nSPS) is 11.1. The molecule has 0 aliphatic heterocycles. The van der Waals surface area contributed by atoms with Crippen LogP contribution in [-0.2, 0) is 13.0 Å². The molecule has 0 radical (unpaired) electrons. The van der Waals surface area contributed by atoms with Crippen LogP contribution < -0.4 is 0 Å². The van der Waals surface area contributed by atoms with Gasteiger partial charge < -0.3 is 4.57 Å². The van der Waals surface area contributed by atoms with Gasteiger partial charge in [0.1, 0.15) is 0 Å². The average Bonchev–Trinajstić information content (AvgIpc) is 2.85. The number of nitrogens with zero attached hydrogens (tertiary/aromatic N) is 1. The van der Waals surface area contributed by atoms with Crippen LogP contribution >= 0.6 is 15.9 Å². The second-order valence-corrected chi connectivity index (χ2v) is 5.69. The molecule has 0 atom stereocenters. The van der Waals surface area contributed by atoms with Crippen LogP contribution in [0.2, 0.25) is 0 Å². The minimum atomic E-state index is 0.924. The van der Waals surface area contributed by atoms with Crippen molar-refractivity contribution in [3.8, 4) is 0 Å². The van der Waals surface area contributed by atoms with Crippen molar-refractivity contribution in [3.63, 3.8) is 0 Å². The van der Waals surface area contributed by atoms with Gasteiger partial charge in [0.15, 0.2) is 0 Å². The molecule has 2 heteroatoms. The largest absolute Gasteiger partial charge is 0.343 e. The molecule has 96 valence electrons. The lowest BCUT2D eigenvalue weighted by atomic mass is 10.1. The molecule has 19 heavy (non-hydrogen) atoms. The van der Waals surface area contributed by atoms with Gasteiger partial charge in [-0.2, -0.15) is 0 Å². The Morgan fingerprint density at radius 3 is 2.53 bits per heavy atom. The van der Waals surface area contributed by atoms with E-state index in [1.807, 2.05) is 0 Å². The summed E-state index contributed by atoms with van der Waals surface area (Å²) in [7, 11) is 0. The van der Waals surface area contributed by atoms with E-state index in [0.717, 1.165) is 17.4 Å². The fourth-order valence-corrected chi connectivity index (χ4v) is 2.81. The molecule has 3 aromatic rings. The molecule has 0 amide bonds. The minimum absolute atomic E-state index is 0.924. The Balaban J connectivity index is 2.03. The zero-order valence-corrected chi connectivity index (χ0v) is 12.5. The van der Waals surface area contributed by atoms with Crippen LogP contribution in [-0.4, -0.2) is 4.57 Å². The average molecular weight is 314 g/mol. The summed E-state index contributed by atoms with van der Waals surface area (Å²) in [6, 6.07) is 17.3. The van der Waals surface area contributed by atoms with Gasteiger partial charge in [0.2, 0.25) is 0 Å². The highest BCUT2D eigenvalue weighted by Gasteiger charge is 2.05. The molecule has 0 saturated heterocycles. The number of para-hydroxylation sites is 1. The molecule has 0 aliphatic rings. The van der Waals surface area contributed by atoms with Crippen molar-refractivity contribution < 1.29 is 0 Å². The smallest absolute Gasteiger partial charge is 0.0515 e. The third kappa shape index (κ3) is 2.45. The van der Waals surface area contributed by atoms with Crippen molar-refractivity contribution in [2.24, 2.45) is 0 Å². The Labute approximate surface area is 122 Å². The van der Waals surface area contributed by atoms with E-state index in [1.54, 1.807) is 0 Å². The molecule has 3 rings (SSSR count). The summed E-state index contributed by atoms with van der Waals surface area (Å²) in [5.74, 6) is 0. The molecule has 0 N–H and O–H groups in total. The quantitative estimate of drug-likeness (QED) is 0.640. The van der Waals surface area contributed by atoms with Gasteiger partial charge in [0.25, 0.3) is 0 Å². The number of fused-ring (bicyclic) bond motifs is 1. The first-order valence-corrected chi connectivity index (χ1v) is 7.38. The molecule has 2 aromatic carbocycles. The summed E-state index contributed by atoms with van der Waals surface area (Å²) in [6.45, 7) is 3.14. The van der Waals surface area contributed by atoms with Gasteiger partial charge in [-0.3, -0.25) is 0 Å². The van der Waals surface area contributed by atoms with E-state index < -0.39 is 0 Å². The molecule has 0 aliphatic carbocycles. The lowest BCUT2D eigenvalue weighted by molar-refractivity contribution is 0.831. The van der Waals surface area contributed by atoms with Crippen molar-refractivity contribution in [3.05, 3.63) is 70.3 Å². The van der Waals surface area contributed by atoms with Gasteiger partial charge in [0, 0.05) is 17.2 Å². The Morgan fingerprint density at radius 1 is 1.00 bits per heavy atom. The monoisotopic (exact) mass is 313 g/mol. The van der Waals surface area contributed by atoms with E-state index in [9.17, 15) is 0 Å². The summed E-state index contributed by atoms with van der Waals surface area (Å²) >= 11 is 3.48. The van der Waals surface area contributed by atoms with Crippen molar-refractivity contribution in [1.29, 1.82) is 0 Å². The van der Waals surface area contributed by atoms with Crippen molar-refractivity contribution in [1.82, 2.24) is 4.57 Å². The lowest BCUT2D eigenvalue weighted by Crippen LogP contribution is -1.99. The molecule has 0 bridgehead atoms. The number of halogens is 1. The van der Waals surface area contributed by atoms with Gasteiger partial charge in [-0.1, -0.05) is 53.2 Å². The number of hydrogen-bond acceptors (Lipinski definition) is 0. The summed E-state index contributed by atoms with van der Waals surface area (Å²) in [6.07, 6.45) is 3.26. The Morgan fingerprint density at radius 2 is 1.79 bits per heavy atom. The molecule has 1 nitrogen and oxygen atoms in total. The number of benzene rings is 2. The van der Waals surface area contributed by atoms with E-state index >= 15 is 0 Å². The Hall–Kier alpha value is -1.54. The van der Waals surface area contributed by atoms with Crippen LogP contribution in [0.25, 0.3) is 10.9 Å². The molecule has 0 unspecified atom stereocenters. The maximum atomic E-state index is 3.48. The van der Waals surface area contributed by atoms with Crippen molar-refractivity contribution >= 4 is 26.8 Å². The zero-order chi connectivity index (χ0) is 13.2. The molecular weight excluding hydrogens is 298 g/mol. The van der Waals surface area contributed by atoms with Crippen LogP contribution in [0.3, 0.4) is 0 Å².